The first-order valence-electron chi connectivity index (χ1n) is 9.08. The Bertz CT molecular complexity index is 915. The Hall–Kier alpha value is -2.39. The lowest BCUT2D eigenvalue weighted by molar-refractivity contribution is 0.0946. The first kappa shape index (κ1) is 16.1. The molecule has 3 heteroatoms. The van der Waals surface area contributed by atoms with Crippen LogP contribution in [0.4, 0.5) is 0 Å². The van der Waals surface area contributed by atoms with Crippen LogP contribution >= 0.6 is 0 Å². The van der Waals surface area contributed by atoms with E-state index >= 15 is 0 Å². The quantitative estimate of drug-likeness (QED) is 0.656. The van der Waals surface area contributed by atoms with E-state index in [4.69, 9.17) is 0 Å². The maximum absolute atomic E-state index is 13.1. The summed E-state index contributed by atoms with van der Waals surface area (Å²) in [4.78, 5) is 15.4. The minimum atomic E-state index is 0.237. The third-order valence-electron chi connectivity index (χ3n) is 5.25. The van der Waals surface area contributed by atoms with Crippen LogP contribution in [-0.4, -0.2) is 34.9 Å². The Morgan fingerprint density at radius 3 is 2.36 bits per heavy atom. The number of carbonyl (C=O) groups excluding carboxylic acids is 1. The summed E-state index contributed by atoms with van der Waals surface area (Å²) >= 11 is 0. The number of ketones is 1. The third-order valence-corrected chi connectivity index (χ3v) is 5.25. The monoisotopic (exact) mass is 332 g/mol. The highest BCUT2D eigenvalue weighted by Gasteiger charge is 2.23. The Balaban J connectivity index is 1.83. The summed E-state index contributed by atoms with van der Waals surface area (Å²) in [7, 11) is 0. The topological polar surface area (TPSA) is 25.2 Å². The van der Waals surface area contributed by atoms with Crippen molar-refractivity contribution in [3.8, 4) is 5.69 Å². The Kier molecular flexibility index (Phi) is 4.18. The number of likely N-dealkylation sites (tertiary alicyclic amines) is 1. The molecular formula is C22H24N2O. The highest BCUT2D eigenvalue weighted by atomic mass is 16.1. The summed E-state index contributed by atoms with van der Waals surface area (Å²) in [5.41, 5.74) is 5.37. The Morgan fingerprint density at radius 2 is 1.64 bits per heavy atom. The highest BCUT2D eigenvalue weighted by Crippen LogP contribution is 2.30. The first-order valence-corrected chi connectivity index (χ1v) is 9.08. The lowest BCUT2D eigenvalue weighted by Crippen LogP contribution is -2.27. The van der Waals surface area contributed by atoms with Crippen LogP contribution in [0, 0.1) is 13.8 Å². The molecule has 128 valence electrons. The first-order chi connectivity index (χ1) is 12.1. The minimum absolute atomic E-state index is 0.237. The predicted molar refractivity (Wildman–Crippen MR) is 103 cm³/mol. The van der Waals surface area contributed by atoms with E-state index in [9.17, 15) is 4.79 Å². The molecule has 0 saturated carbocycles. The maximum atomic E-state index is 13.1. The minimum Gasteiger partial charge on any atom is -0.313 e. The molecule has 0 amide bonds. The smallest absolute Gasteiger partial charge is 0.179 e. The van der Waals surface area contributed by atoms with Crippen LogP contribution in [0.1, 0.15) is 34.5 Å². The van der Waals surface area contributed by atoms with Crippen LogP contribution in [0.15, 0.2) is 48.5 Å². The molecule has 0 aliphatic carbocycles. The molecule has 1 fully saturated rings. The predicted octanol–water partition coefficient (Wildman–Crippen LogP) is 4.53. The molecule has 1 aliphatic rings. The van der Waals surface area contributed by atoms with Gasteiger partial charge in [0, 0.05) is 22.3 Å². The van der Waals surface area contributed by atoms with Gasteiger partial charge in [-0.3, -0.25) is 9.69 Å². The molecule has 2 heterocycles. The summed E-state index contributed by atoms with van der Waals surface area (Å²) < 4.78 is 2.21. The van der Waals surface area contributed by atoms with Crippen molar-refractivity contribution in [2.45, 2.75) is 26.7 Å². The molecule has 0 spiro atoms. The average Bonchev–Trinajstić information content (AvgIpc) is 3.21. The number of benzene rings is 2. The van der Waals surface area contributed by atoms with Gasteiger partial charge >= 0.3 is 0 Å². The lowest BCUT2D eigenvalue weighted by atomic mass is 10.1. The summed E-state index contributed by atoms with van der Waals surface area (Å²) in [5.74, 6) is 0.237. The van der Waals surface area contributed by atoms with E-state index in [-0.39, 0.29) is 5.78 Å². The molecule has 2 aromatic carbocycles. The second kappa shape index (κ2) is 6.49. The number of carbonyl (C=O) groups is 1. The van der Waals surface area contributed by atoms with Crippen LogP contribution in [0.2, 0.25) is 0 Å². The van der Waals surface area contributed by atoms with Crippen molar-refractivity contribution in [1.29, 1.82) is 0 Å². The van der Waals surface area contributed by atoms with Crippen LogP contribution in [0.25, 0.3) is 16.6 Å². The molecule has 0 atom stereocenters. The van der Waals surface area contributed by atoms with Gasteiger partial charge in [-0.15, -0.1) is 0 Å². The summed E-state index contributed by atoms with van der Waals surface area (Å²) in [6, 6.07) is 16.7. The summed E-state index contributed by atoms with van der Waals surface area (Å²) in [6.07, 6.45) is 2.41. The largest absolute Gasteiger partial charge is 0.313 e. The molecule has 25 heavy (non-hydrogen) atoms. The number of aryl methyl sites for hydroxylation is 1. The van der Waals surface area contributed by atoms with E-state index < -0.39 is 0 Å². The van der Waals surface area contributed by atoms with Gasteiger partial charge in [0.1, 0.15) is 0 Å². The van der Waals surface area contributed by atoms with E-state index in [0.717, 1.165) is 40.9 Å². The summed E-state index contributed by atoms with van der Waals surface area (Å²) in [6.45, 7) is 6.78. The van der Waals surface area contributed by atoms with Crippen molar-refractivity contribution >= 4 is 16.7 Å². The van der Waals surface area contributed by atoms with Crippen LogP contribution < -0.4 is 0 Å². The molecule has 4 rings (SSSR count). The molecule has 0 radical (unpaired) electrons. The van der Waals surface area contributed by atoms with Gasteiger partial charge in [0.05, 0.1) is 12.1 Å². The van der Waals surface area contributed by atoms with Crippen LogP contribution in [0.5, 0.6) is 0 Å². The normalized spacial score (nSPS) is 15.1. The van der Waals surface area contributed by atoms with Crippen molar-refractivity contribution in [2.24, 2.45) is 0 Å². The number of para-hydroxylation sites is 1. The molecule has 0 unspecified atom stereocenters. The van der Waals surface area contributed by atoms with Crippen molar-refractivity contribution in [2.75, 3.05) is 19.6 Å². The zero-order valence-electron chi connectivity index (χ0n) is 15.0. The third kappa shape index (κ3) is 2.89. The fourth-order valence-electron chi connectivity index (χ4n) is 3.97. The van der Waals surface area contributed by atoms with E-state index in [2.05, 4.69) is 59.7 Å². The molecule has 3 nitrogen and oxygen atoms in total. The number of nitrogens with zero attached hydrogens (tertiary/aromatic N) is 2. The van der Waals surface area contributed by atoms with E-state index in [1.807, 2.05) is 12.1 Å². The zero-order chi connectivity index (χ0) is 17.4. The van der Waals surface area contributed by atoms with Gasteiger partial charge < -0.3 is 4.57 Å². The Labute approximate surface area is 148 Å². The molecule has 3 aromatic rings. The molecule has 0 N–H and O–H groups in total. The van der Waals surface area contributed by atoms with Crippen molar-refractivity contribution in [1.82, 2.24) is 9.47 Å². The molecule has 0 bridgehead atoms. The van der Waals surface area contributed by atoms with Gasteiger partial charge in [-0.2, -0.15) is 0 Å². The number of hydrogen-bond donors (Lipinski definition) is 0. The number of fused-ring (bicyclic) bond motifs is 1. The van der Waals surface area contributed by atoms with Crippen LogP contribution in [-0.2, 0) is 0 Å². The zero-order valence-corrected chi connectivity index (χ0v) is 15.0. The fraction of sp³-hybridized carbons (Fsp3) is 0.318. The van der Waals surface area contributed by atoms with Crippen LogP contribution in [0.3, 0.4) is 0 Å². The van der Waals surface area contributed by atoms with Gasteiger partial charge in [0.15, 0.2) is 5.78 Å². The number of aromatic nitrogens is 1. The van der Waals surface area contributed by atoms with Gasteiger partial charge in [0.25, 0.3) is 0 Å². The number of rotatable bonds is 4. The van der Waals surface area contributed by atoms with Crippen molar-refractivity contribution in [3.05, 3.63) is 65.4 Å². The number of Topliss-reactive ketones (excluding diaryl/α,β-unsaturated/α-hetero) is 1. The SMILES string of the molecule is Cc1ccc(-n2c(C)c(C(=O)CN3CCCC3)c3ccccc32)cc1. The van der Waals surface area contributed by atoms with Gasteiger partial charge in [-0.25, -0.2) is 0 Å². The standard InChI is InChI=1S/C22H24N2O/c1-16-9-11-18(12-10-16)24-17(2)22(19-7-3-4-8-20(19)24)21(25)15-23-13-5-6-14-23/h3-4,7-12H,5-6,13-15H2,1-2H3. The van der Waals surface area contributed by atoms with Gasteiger partial charge in [-0.1, -0.05) is 35.9 Å². The van der Waals surface area contributed by atoms with Gasteiger partial charge in [0.2, 0.25) is 0 Å². The lowest BCUT2D eigenvalue weighted by Gasteiger charge is -2.14. The van der Waals surface area contributed by atoms with Gasteiger partial charge in [-0.05, 0) is 58.0 Å². The second-order valence-corrected chi connectivity index (χ2v) is 7.05. The fourth-order valence-corrected chi connectivity index (χ4v) is 3.97. The van der Waals surface area contributed by atoms with Crippen molar-refractivity contribution < 1.29 is 4.79 Å². The maximum Gasteiger partial charge on any atom is 0.179 e. The second-order valence-electron chi connectivity index (χ2n) is 7.05. The molecule has 1 saturated heterocycles. The molecular weight excluding hydrogens is 308 g/mol. The molecule has 1 aromatic heterocycles. The van der Waals surface area contributed by atoms with Crippen molar-refractivity contribution in [3.63, 3.8) is 0 Å². The van der Waals surface area contributed by atoms with E-state index in [1.54, 1.807) is 0 Å². The van der Waals surface area contributed by atoms with E-state index in [1.165, 1.54) is 18.4 Å². The summed E-state index contributed by atoms with van der Waals surface area (Å²) in [5, 5.41) is 1.06. The average molecular weight is 332 g/mol. The highest BCUT2D eigenvalue weighted by molar-refractivity contribution is 6.10. The number of hydrogen-bond acceptors (Lipinski definition) is 2. The van der Waals surface area contributed by atoms with E-state index in [0.29, 0.717) is 6.54 Å². The molecule has 1 aliphatic heterocycles. The Morgan fingerprint density at radius 1 is 0.960 bits per heavy atom.